The number of benzene rings is 2. The summed E-state index contributed by atoms with van der Waals surface area (Å²) in [6.07, 6.45) is 8.94. The second-order valence-corrected chi connectivity index (χ2v) is 7.20. The summed E-state index contributed by atoms with van der Waals surface area (Å²) in [5.74, 6) is 0. The van der Waals surface area contributed by atoms with E-state index in [0.717, 1.165) is 33.4 Å². The number of hydrogen-bond donors (Lipinski definition) is 1. The number of nitrogens with zero attached hydrogens (tertiary/aromatic N) is 5. The van der Waals surface area contributed by atoms with Crippen molar-refractivity contribution < 1.29 is 0 Å². The molecule has 0 amide bonds. The van der Waals surface area contributed by atoms with Crippen LogP contribution in [-0.4, -0.2) is 24.5 Å². The van der Waals surface area contributed by atoms with Crippen molar-refractivity contribution in [1.29, 1.82) is 0 Å². The number of fused-ring (bicyclic) bond motifs is 2. The number of halogens is 1. The Morgan fingerprint density at radius 2 is 1.79 bits per heavy atom. The standard InChI is InChI=1S/C22H17ClN6/c1-29-7-4-16-8-15(2-3-20(16)29)18-9-17(10-19-21(18)25-6-5-24-19)26-11-14-12-27-22(23)28-13-14/h2-10,12-13,26H,11H2,1H3. The fraction of sp³-hybridized carbons (Fsp3) is 0.0909. The van der Waals surface area contributed by atoms with Crippen LogP contribution >= 0.6 is 11.6 Å². The Morgan fingerprint density at radius 1 is 0.966 bits per heavy atom. The van der Waals surface area contributed by atoms with Crippen molar-refractivity contribution in [3.63, 3.8) is 0 Å². The molecule has 142 valence electrons. The molecule has 0 bridgehead atoms. The predicted molar refractivity (Wildman–Crippen MR) is 116 cm³/mol. The maximum absolute atomic E-state index is 5.77. The van der Waals surface area contributed by atoms with Gasteiger partial charge in [0.05, 0.1) is 11.0 Å². The van der Waals surface area contributed by atoms with E-state index in [2.05, 4.69) is 66.3 Å². The van der Waals surface area contributed by atoms with Gasteiger partial charge in [0.1, 0.15) is 0 Å². The first-order valence-electron chi connectivity index (χ1n) is 9.18. The molecule has 6 nitrogen and oxygen atoms in total. The van der Waals surface area contributed by atoms with Crippen LogP contribution in [0.2, 0.25) is 5.28 Å². The van der Waals surface area contributed by atoms with Crippen LogP contribution in [0.3, 0.4) is 0 Å². The van der Waals surface area contributed by atoms with Crippen LogP contribution in [0.1, 0.15) is 5.56 Å². The van der Waals surface area contributed by atoms with Gasteiger partial charge >= 0.3 is 0 Å². The second kappa shape index (κ2) is 7.14. The van der Waals surface area contributed by atoms with Gasteiger partial charge in [-0.1, -0.05) is 6.07 Å². The number of aryl methyl sites for hydroxylation is 1. The van der Waals surface area contributed by atoms with E-state index in [-0.39, 0.29) is 5.28 Å². The molecule has 3 aromatic heterocycles. The number of nitrogens with one attached hydrogen (secondary N) is 1. The van der Waals surface area contributed by atoms with E-state index in [1.165, 1.54) is 10.9 Å². The van der Waals surface area contributed by atoms with Crippen LogP contribution in [0.5, 0.6) is 0 Å². The first-order valence-corrected chi connectivity index (χ1v) is 9.56. The highest BCUT2D eigenvalue weighted by Crippen LogP contribution is 2.32. The Balaban J connectivity index is 1.56. The fourth-order valence-electron chi connectivity index (χ4n) is 3.48. The van der Waals surface area contributed by atoms with E-state index in [4.69, 9.17) is 11.6 Å². The van der Waals surface area contributed by atoms with Crippen LogP contribution in [0, 0.1) is 0 Å². The summed E-state index contributed by atoms with van der Waals surface area (Å²) in [6, 6.07) is 12.7. The average molecular weight is 401 g/mol. The van der Waals surface area contributed by atoms with Crippen LogP contribution < -0.4 is 5.32 Å². The molecule has 5 aromatic rings. The Morgan fingerprint density at radius 3 is 2.66 bits per heavy atom. The molecule has 0 spiro atoms. The summed E-state index contributed by atoms with van der Waals surface area (Å²) in [5.41, 5.74) is 6.96. The average Bonchev–Trinajstić information content (AvgIpc) is 3.13. The topological polar surface area (TPSA) is 68.5 Å². The van der Waals surface area contributed by atoms with Crippen molar-refractivity contribution in [3.05, 3.63) is 78.2 Å². The quantitative estimate of drug-likeness (QED) is 0.437. The fourth-order valence-corrected chi connectivity index (χ4v) is 3.58. The van der Waals surface area contributed by atoms with Gasteiger partial charge in [-0.3, -0.25) is 9.97 Å². The lowest BCUT2D eigenvalue weighted by molar-refractivity contribution is 0.969. The normalized spacial score (nSPS) is 11.2. The molecule has 1 N–H and O–H groups in total. The van der Waals surface area contributed by atoms with E-state index < -0.39 is 0 Å². The molecule has 5 rings (SSSR count). The summed E-state index contributed by atoms with van der Waals surface area (Å²) in [7, 11) is 2.05. The van der Waals surface area contributed by atoms with Gasteiger partial charge in [-0.2, -0.15) is 0 Å². The molecular weight excluding hydrogens is 384 g/mol. The molecule has 2 aromatic carbocycles. The number of aromatic nitrogens is 5. The lowest BCUT2D eigenvalue weighted by Gasteiger charge is -2.12. The van der Waals surface area contributed by atoms with Crippen molar-refractivity contribution in [2.75, 3.05) is 5.32 Å². The zero-order valence-corrected chi connectivity index (χ0v) is 16.4. The highest BCUT2D eigenvalue weighted by atomic mass is 35.5. The Labute approximate surface area is 172 Å². The smallest absolute Gasteiger partial charge is 0.222 e. The third-order valence-electron chi connectivity index (χ3n) is 4.94. The summed E-state index contributed by atoms with van der Waals surface area (Å²) in [5, 5.41) is 4.87. The molecule has 0 saturated carbocycles. The molecule has 0 saturated heterocycles. The summed E-state index contributed by atoms with van der Waals surface area (Å²) < 4.78 is 2.11. The van der Waals surface area contributed by atoms with E-state index in [0.29, 0.717) is 6.54 Å². The lowest BCUT2D eigenvalue weighted by Crippen LogP contribution is -2.01. The predicted octanol–water partition coefficient (Wildman–Crippen LogP) is 4.84. The monoisotopic (exact) mass is 400 g/mol. The molecule has 0 aliphatic carbocycles. The van der Waals surface area contributed by atoms with Crippen LogP contribution in [0.25, 0.3) is 33.1 Å². The van der Waals surface area contributed by atoms with E-state index in [1.54, 1.807) is 24.8 Å². The van der Waals surface area contributed by atoms with Gasteiger partial charge in [-0.05, 0) is 47.5 Å². The Hall–Kier alpha value is -3.51. The van der Waals surface area contributed by atoms with Crippen LogP contribution in [0.4, 0.5) is 5.69 Å². The minimum atomic E-state index is 0.244. The van der Waals surface area contributed by atoms with E-state index >= 15 is 0 Å². The van der Waals surface area contributed by atoms with Crippen molar-refractivity contribution in [3.8, 4) is 11.1 Å². The van der Waals surface area contributed by atoms with Crippen molar-refractivity contribution in [1.82, 2.24) is 24.5 Å². The Bertz CT molecular complexity index is 1330. The highest BCUT2D eigenvalue weighted by molar-refractivity contribution is 6.28. The summed E-state index contributed by atoms with van der Waals surface area (Å²) in [4.78, 5) is 17.1. The summed E-state index contributed by atoms with van der Waals surface area (Å²) >= 11 is 5.77. The van der Waals surface area contributed by atoms with Crippen LogP contribution in [0.15, 0.2) is 67.4 Å². The maximum atomic E-state index is 5.77. The number of rotatable bonds is 4. The highest BCUT2D eigenvalue weighted by Gasteiger charge is 2.10. The molecule has 29 heavy (non-hydrogen) atoms. The third-order valence-corrected chi connectivity index (χ3v) is 5.14. The largest absolute Gasteiger partial charge is 0.381 e. The van der Waals surface area contributed by atoms with Gasteiger partial charge in [0.25, 0.3) is 0 Å². The van der Waals surface area contributed by atoms with Crippen molar-refractivity contribution >= 4 is 39.2 Å². The summed E-state index contributed by atoms with van der Waals surface area (Å²) in [6.45, 7) is 0.583. The SMILES string of the molecule is Cn1ccc2cc(-c3cc(NCc4cnc(Cl)nc4)cc4nccnc34)ccc21. The second-order valence-electron chi connectivity index (χ2n) is 6.86. The minimum absolute atomic E-state index is 0.244. The first-order chi connectivity index (χ1) is 14.2. The molecule has 3 heterocycles. The molecule has 0 aliphatic heterocycles. The van der Waals surface area contributed by atoms with Crippen molar-refractivity contribution in [2.45, 2.75) is 6.54 Å². The number of hydrogen-bond acceptors (Lipinski definition) is 5. The third kappa shape index (κ3) is 3.39. The van der Waals surface area contributed by atoms with Gasteiger partial charge in [0.15, 0.2) is 0 Å². The van der Waals surface area contributed by atoms with E-state index in [1.807, 2.05) is 13.1 Å². The Kier molecular flexibility index (Phi) is 4.33. The van der Waals surface area contributed by atoms with Crippen molar-refractivity contribution in [2.24, 2.45) is 7.05 Å². The van der Waals surface area contributed by atoms with Gasteiger partial charge in [-0.15, -0.1) is 0 Å². The van der Waals surface area contributed by atoms with Gasteiger partial charge in [0.2, 0.25) is 5.28 Å². The first kappa shape index (κ1) is 17.6. The number of anilines is 1. The molecule has 0 atom stereocenters. The molecule has 0 aliphatic rings. The van der Waals surface area contributed by atoms with Crippen LogP contribution in [-0.2, 0) is 13.6 Å². The van der Waals surface area contributed by atoms with Gasteiger partial charge in [0, 0.05) is 72.3 Å². The zero-order valence-electron chi connectivity index (χ0n) is 15.7. The maximum Gasteiger partial charge on any atom is 0.222 e. The van der Waals surface area contributed by atoms with Gasteiger partial charge in [-0.25, -0.2) is 9.97 Å². The van der Waals surface area contributed by atoms with E-state index in [9.17, 15) is 0 Å². The molecule has 0 unspecified atom stereocenters. The molecule has 7 heteroatoms. The molecule has 0 radical (unpaired) electrons. The minimum Gasteiger partial charge on any atom is -0.381 e. The lowest BCUT2D eigenvalue weighted by atomic mass is 10.0. The zero-order chi connectivity index (χ0) is 19.8. The molecule has 0 fully saturated rings. The van der Waals surface area contributed by atoms with Gasteiger partial charge < -0.3 is 9.88 Å². The molecular formula is C22H17ClN6.